The monoisotopic (exact) mass is 311 g/mol. The average Bonchev–Trinajstić information content (AvgIpc) is 2.58. The van der Waals surface area contributed by atoms with E-state index in [2.05, 4.69) is 15.2 Å². The lowest BCUT2D eigenvalue weighted by Crippen LogP contribution is -2.36. The number of hydrogen-bond donors (Lipinski definition) is 1. The molecule has 0 radical (unpaired) electrons. The second kappa shape index (κ2) is 7.24. The molecule has 0 atom stereocenters. The lowest BCUT2D eigenvalue weighted by atomic mass is 10.1. The van der Waals surface area contributed by atoms with E-state index in [4.69, 9.17) is 4.74 Å². The maximum atomic E-state index is 12.2. The van der Waals surface area contributed by atoms with Crippen LogP contribution in [0.3, 0.4) is 0 Å². The van der Waals surface area contributed by atoms with E-state index in [1.165, 1.54) is 0 Å². The van der Waals surface area contributed by atoms with Crippen LogP contribution in [-0.4, -0.2) is 37.2 Å². The molecule has 0 aliphatic carbocycles. The molecule has 1 aromatic carbocycles. The van der Waals surface area contributed by atoms with Gasteiger partial charge in [0.05, 0.1) is 31.5 Å². The number of ether oxygens (including phenoxy) is 1. The molecule has 2 heterocycles. The average molecular weight is 311 g/mol. The third-order valence-electron chi connectivity index (χ3n) is 3.98. The van der Waals surface area contributed by atoms with Crippen molar-refractivity contribution in [3.8, 4) is 0 Å². The third kappa shape index (κ3) is 4.07. The zero-order chi connectivity index (χ0) is 16.1. The van der Waals surface area contributed by atoms with Crippen molar-refractivity contribution in [2.24, 2.45) is 0 Å². The fourth-order valence-electron chi connectivity index (χ4n) is 2.63. The van der Waals surface area contributed by atoms with E-state index in [9.17, 15) is 4.79 Å². The fourth-order valence-corrected chi connectivity index (χ4v) is 2.63. The van der Waals surface area contributed by atoms with Crippen LogP contribution >= 0.6 is 0 Å². The van der Waals surface area contributed by atoms with Crippen LogP contribution in [0.15, 0.2) is 42.6 Å². The highest BCUT2D eigenvalue weighted by molar-refractivity contribution is 5.92. The first-order valence-corrected chi connectivity index (χ1v) is 7.85. The van der Waals surface area contributed by atoms with Crippen molar-refractivity contribution >= 4 is 17.4 Å². The minimum Gasteiger partial charge on any atom is -0.378 e. The van der Waals surface area contributed by atoms with E-state index in [-0.39, 0.29) is 5.91 Å². The third-order valence-corrected chi connectivity index (χ3v) is 3.98. The van der Waals surface area contributed by atoms with E-state index in [0.717, 1.165) is 48.9 Å². The number of carbonyl (C=O) groups is 1. The molecule has 120 valence electrons. The SMILES string of the molecule is Cc1ccccc1CC(=O)Nc1ccc(N2CCOCC2)nc1. The van der Waals surface area contributed by atoms with Gasteiger partial charge in [0.25, 0.3) is 0 Å². The predicted molar refractivity (Wildman–Crippen MR) is 90.8 cm³/mol. The van der Waals surface area contributed by atoms with Crippen LogP contribution in [0.4, 0.5) is 11.5 Å². The molecule has 23 heavy (non-hydrogen) atoms. The second-order valence-corrected chi connectivity index (χ2v) is 5.66. The molecule has 1 aliphatic heterocycles. The molecule has 1 saturated heterocycles. The van der Waals surface area contributed by atoms with Gasteiger partial charge >= 0.3 is 0 Å². The quantitative estimate of drug-likeness (QED) is 0.942. The summed E-state index contributed by atoms with van der Waals surface area (Å²) in [4.78, 5) is 18.8. The highest BCUT2D eigenvalue weighted by Gasteiger charge is 2.12. The van der Waals surface area contributed by atoms with Crippen molar-refractivity contribution < 1.29 is 9.53 Å². The molecule has 0 bridgehead atoms. The Morgan fingerprint density at radius 2 is 2.00 bits per heavy atom. The number of nitrogens with one attached hydrogen (secondary N) is 1. The van der Waals surface area contributed by atoms with Gasteiger partial charge in [-0.15, -0.1) is 0 Å². The number of benzene rings is 1. The summed E-state index contributed by atoms with van der Waals surface area (Å²) < 4.78 is 5.34. The number of hydrogen-bond acceptors (Lipinski definition) is 4. The molecule has 3 rings (SSSR count). The maximum absolute atomic E-state index is 12.2. The minimum atomic E-state index is -0.0276. The molecule has 5 nitrogen and oxygen atoms in total. The molecular weight excluding hydrogens is 290 g/mol. The molecule has 1 fully saturated rings. The van der Waals surface area contributed by atoms with Gasteiger partial charge in [-0.05, 0) is 30.2 Å². The topological polar surface area (TPSA) is 54.5 Å². The highest BCUT2D eigenvalue weighted by atomic mass is 16.5. The predicted octanol–water partition coefficient (Wildman–Crippen LogP) is 2.41. The Labute approximate surface area is 136 Å². The molecule has 2 aromatic rings. The van der Waals surface area contributed by atoms with E-state index < -0.39 is 0 Å². The highest BCUT2D eigenvalue weighted by Crippen LogP contribution is 2.16. The summed E-state index contributed by atoms with van der Waals surface area (Å²) >= 11 is 0. The number of rotatable bonds is 4. The van der Waals surface area contributed by atoms with Crippen molar-refractivity contribution in [1.29, 1.82) is 0 Å². The number of aryl methyl sites for hydroxylation is 1. The van der Waals surface area contributed by atoms with Crippen LogP contribution in [0.2, 0.25) is 0 Å². The summed E-state index contributed by atoms with van der Waals surface area (Å²) in [6.07, 6.45) is 2.08. The van der Waals surface area contributed by atoms with Crippen LogP contribution < -0.4 is 10.2 Å². The largest absolute Gasteiger partial charge is 0.378 e. The zero-order valence-electron chi connectivity index (χ0n) is 13.3. The lowest BCUT2D eigenvalue weighted by molar-refractivity contribution is -0.115. The first kappa shape index (κ1) is 15.5. The molecule has 1 N–H and O–H groups in total. The fraction of sp³-hybridized carbons (Fsp3) is 0.333. The van der Waals surface area contributed by atoms with Crippen molar-refractivity contribution in [2.45, 2.75) is 13.3 Å². The number of amides is 1. The van der Waals surface area contributed by atoms with Gasteiger partial charge in [0, 0.05) is 13.1 Å². The van der Waals surface area contributed by atoms with Crippen molar-refractivity contribution in [3.63, 3.8) is 0 Å². The Morgan fingerprint density at radius 3 is 2.70 bits per heavy atom. The summed E-state index contributed by atoms with van der Waals surface area (Å²) in [6.45, 7) is 5.19. The smallest absolute Gasteiger partial charge is 0.228 e. The van der Waals surface area contributed by atoms with E-state index in [1.807, 2.05) is 43.3 Å². The van der Waals surface area contributed by atoms with Crippen molar-refractivity contribution in [1.82, 2.24) is 4.98 Å². The van der Waals surface area contributed by atoms with Gasteiger partial charge in [0.15, 0.2) is 0 Å². The zero-order valence-corrected chi connectivity index (χ0v) is 13.3. The van der Waals surface area contributed by atoms with E-state index in [1.54, 1.807) is 6.20 Å². The molecule has 0 saturated carbocycles. The van der Waals surface area contributed by atoms with Gasteiger partial charge in [-0.3, -0.25) is 4.79 Å². The van der Waals surface area contributed by atoms with Crippen molar-refractivity contribution in [3.05, 3.63) is 53.7 Å². The standard InChI is InChI=1S/C18H21N3O2/c1-14-4-2-3-5-15(14)12-18(22)20-16-6-7-17(19-13-16)21-8-10-23-11-9-21/h2-7,13H,8-12H2,1H3,(H,20,22). The Hall–Kier alpha value is -2.40. The van der Waals surface area contributed by atoms with Crippen molar-refractivity contribution in [2.75, 3.05) is 36.5 Å². The Morgan fingerprint density at radius 1 is 1.22 bits per heavy atom. The van der Waals surface area contributed by atoms with Crippen LogP contribution in [0.1, 0.15) is 11.1 Å². The van der Waals surface area contributed by atoms with Gasteiger partial charge in [-0.2, -0.15) is 0 Å². The maximum Gasteiger partial charge on any atom is 0.228 e. The molecular formula is C18H21N3O2. The minimum absolute atomic E-state index is 0.0276. The van der Waals surface area contributed by atoms with Gasteiger partial charge in [-0.25, -0.2) is 4.98 Å². The van der Waals surface area contributed by atoms with Gasteiger partial charge in [0.2, 0.25) is 5.91 Å². The number of morpholine rings is 1. The van der Waals surface area contributed by atoms with E-state index in [0.29, 0.717) is 6.42 Å². The second-order valence-electron chi connectivity index (χ2n) is 5.66. The Bertz CT molecular complexity index is 664. The van der Waals surface area contributed by atoms with Gasteiger partial charge in [-0.1, -0.05) is 24.3 Å². The van der Waals surface area contributed by atoms with Crippen LogP contribution in [0.5, 0.6) is 0 Å². The molecule has 1 aromatic heterocycles. The number of pyridine rings is 1. The molecule has 5 heteroatoms. The summed E-state index contributed by atoms with van der Waals surface area (Å²) in [5.74, 6) is 0.894. The Kier molecular flexibility index (Phi) is 4.88. The summed E-state index contributed by atoms with van der Waals surface area (Å²) in [5, 5.41) is 2.90. The number of aromatic nitrogens is 1. The first-order valence-electron chi connectivity index (χ1n) is 7.85. The molecule has 0 spiro atoms. The van der Waals surface area contributed by atoms with Crippen LogP contribution in [0.25, 0.3) is 0 Å². The molecule has 1 aliphatic rings. The van der Waals surface area contributed by atoms with E-state index >= 15 is 0 Å². The number of nitrogens with zero attached hydrogens (tertiary/aromatic N) is 2. The van der Waals surface area contributed by atoms with Crippen LogP contribution in [0, 0.1) is 6.92 Å². The normalized spacial score (nSPS) is 14.6. The van der Waals surface area contributed by atoms with Crippen LogP contribution in [-0.2, 0) is 16.0 Å². The summed E-state index contributed by atoms with van der Waals surface area (Å²) in [7, 11) is 0. The first-order chi connectivity index (χ1) is 11.2. The lowest BCUT2D eigenvalue weighted by Gasteiger charge is -2.27. The number of anilines is 2. The Balaban J connectivity index is 1.59. The molecule has 1 amide bonds. The number of carbonyl (C=O) groups excluding carboxylic acids is 1. The summed E-state index contributed by atoms with van der Waals surface area (Å²) in [5.41, 5.74) is 2.90. The van der Waals surface area contributed by atoms with Gasteiger partial charge < -0.3 is 15.0 Å². The summed E-state index contributed by atoms with van der Waals surface area (Å²) in [6, 6.07) is 11.8. The van der Waals surface area contributed by atoms with Gasteiger partial charge in [0.1, 0.15) is 5.82 Å². The molecule has 0 unspecified atom stereocenters.